The predicted molar refractivity (Wildman–Crippen MR) is 127 cm³/mol. The summed E-state index contributed by atoms with van der Waals surface area (Å²) < 4.78 is 71.1. The number of ether oxygens (including phenoxy) is 1. The zero-order valence-corrected chi connectivity index (χ0v) is 21.3. The van der Waals surface area contributed by atoms with Crippen LogP contribution in [0.4, 0.5) is 26.3 Å². The van der Waals surface area contributed by atoms with Crippen molar-refractivity contribution >= 4 is 11.9 Å². The number of hydrogen-bond donors (Lipinski definition) is 2. The normalized spacial score (nSPS) is 20.2. The molecular weight excluding hydrogens is 540 g/mol. The third-order valence-electron chi connectivity index (χ3n) is 6.62. The fourth-order valence-electron chi connectivity index (χ4n) is 4.61. The lowest BCUT2D eigenvalue weighted by atomic mass is 10.1. The smallest absolute Gasteiger partial charge is 0.475 e. The molecule has 9 nitrogen and oxygen atoms in total. The topological polar surface area (TPSA) is 112 Å². The highest BCUT2D eigenvalue weighted by Crippen LogP contribution is 2.19. The van der Waals surface area contributed by atoms with Crippen molar-refractivity contribution in [3.05, 3.63) is 33.7 Å². The average Bonchev–Trinajstić information content (AvgIpc) is 3.51. The number of aromatic nitrogens is 1. The number of carboxylic acids is 2. The summed E-state index contributed by atoms with van der Waals surface area (Å²) in [6.07, 6.45) is -4.29. The molecule has 1 aromatic heterocycles. The van der Waals surface area contributed by atoms with E-state index in [2.05, 4.69) is 20.4 Å². The van der Waals surface area contributed by atoms with Gasteiger partial charge in [-0.25, -0.2) is 9.59 Å². The van der Waals surface area contributed by atoms with Crippen LogP contribution in [0.2, 0.25) is 0 Å². The van der Waals surface area contributed by atoms with E-state index in [-0.39, 0.29) is 5.56 Å². The van der Waals surface area contributed by atoms with E-state index in [1.54, 1.807) is 6.07 Å². The number of carbonyl (C=O) groups is 2. The summed E-state index contributed by atoms with van der Waals surface area (Å²) in [4.78, 5) is 35.3. The molecule has 4 heterocycles. The Labute approximate surface area is 220 Å². The second-order valence-corrected chi connectivity index (χ2v) is 9.48. The quantitative estimate of drug-likeness (QED) is 0.518. The molecule has 0 bridgehead atoms. The Bertz CT molecular complexity index is 978. The first kappa shape index (κ1) is 32.6. The number of halogens is 6. The molecule has 222 valence electrons. The molecule has 3 aliphatic heterocycles. The highest BCUT2D eigenvalue weighted by atomic mass is 19.4. The maximum absolute atomic E-state index is 12.5. The Kier molecular flexibility index (Phi) is 12.2. The van der Waals surface area contributed by atoms with Crippen LogP contribution in [0.15, 0.2) is 16.9 Å². The van der Waals surface area contributed by atoms with Crippen molar-refractivity contribution in [2.75, 3.05) is 52.5 Å². The van der Waals surface area contributed by atoms with Crippen molar-refractivity contribution in [3.8, 4) is 0 Å². The first-order valence-electron chi connectivity index (χ1n) is 12.5. The molecule has 0 aliphatic carbocycles. The number of aliphatic carboxylic acids is 2. The first-order chi connectivity index (χ1) is 18.2. The van der Waals surface area contributed by atoms with Crippen LogP contribution in [0.5, 0.6) is 0 Å². The summed E-state index contributed by atoms with van der Waals surface area (Å²) in [7, 11) is 0. The van der Waals surface area contributed by atoms with Crippen LogP contribution in [0.25, 0.3) is 0 Å². The van der Waals surface area contributed by atoms with Gasteiger partial charge in [0, 0.05) is 57.5 Å². The van der Waals surface area contributed by atoms with E-state index in [4.69, 9.17) is 24.5 Å². The molecule has 0 spiro atoms. The number of hydrogen-bond acceptors (Lipinski definition) is 6. The van der Waals surface area contributed by atoms with Crippen LogP contribution in [0.3, 0.4) is 0 Å². The van der Waals surface area contributed by atoms with Gasteiger partial charge in [0.1, 0.15) is 0 Å². The molecule has 3 aliphatic rings. The highest BCUT2D eigenvalue weighted by Gasteiger charge is 2.38. The highest BCUT2D eigenvalue weighted by molar-refractivity contribution is 5.73. The van der Waals surface area contributed by atoms with E-state index >= 15 is 0 Å². The monoisotopic (exact) mass is 573 g/mol. The summed E-state index contributed by atoms with van der Waals surface area (Å²) in [5, 5.41) is 14.2. The van der Waals surface area contributed by atoms with Gasteiger partial charge in [0.05, 0.1) is 6.61 Å². The average molecular weight is 574 g/mol. The van der Waals surface area contributed by atoms with Crippen molar-refractivity contribution in [3.63, 3.8) is 0 Å². The van der Waals surface area contributed by atoms with Gasteiger partial charge in [-0.1, -0.05) is 6.07 Å². The third-order valence-corrected chi connectivity index (χ3v) is 6.62. The molecule has 2 N–H and O–H groups in total. The third kappa shape index (κ3) is 11.2. The Balaban J connectivity index is 0.000000317. The van der Waals surface area contributed by atoms with Gasteiger partial charge in [-0.3, -0.25) is 4.79 Å². The number of nitrogens with zero attached hydrogens (tertiary/aromatic N) is 3. The predicted octanol–water partition coefficient (Wildman–Crippen LogP) is 2.65. The zero-order chi connectivity index (χ0) is 29.2. The van der Waals surface area contributed by atoms with Crippen LogP contribution in [0.1, 0.15) is 30.5 Å². The summed E-state index contributed by atoms with van der Waals surface area (Å²) in [6, 6.07) is 3.86. The Hall–Kier alpha value is -2.65. The first-order valence-corrected chi connectivity index (χ1v) is 12.5. The Morgan fingerprint density at radius 2 is 1.44 bits per heavy atom. The number of likely N-dealkylation sites (tertiary alicyclic amines) is 1. The molecule has 0 amide bonds. The SMILES string of the molecule is O=C(O)C(F)(F)F.O=C(O)C(F)(F)F.O=c1ccc2c(n1CCN1CCCC1)CCN(CC1CCOC1)CC2. The summed E-state index contributed by atoms with van der Waals surface area (Å²) in [5.74, 6) is -4.82. The zero-order valence-electron chi connectivity index (χ0n) is 21.3. The molecule has 4 rings (SSSR count). The molecule has 0 aromatic carbocycles. The Morgan fingerprint density at radius 3 is 1.95 bits per heavy atom. The van der Waals surface area contributed by atoms with Gasteiger partial charge in [0.25, 0.3) is 5.56 Å². The van der Waals surface area contributed by atoms with E-state index in [0.29, 0.717) is 5.92 Å². The summed E-state index contributed by atoms with van der Waals surface area (Å²) in [5.41, 5.74) is 2.85. The van der Waals surface area contributed by atoms with E-state index in [1.165, 1.54) is 43.6 Å². The molecule has 0 saturated carbocycles. The largest absolute Gasteiger partial charge is 0.490 e. The van der Waals surface area contributed by atoms with E-state index in [9.17, 15) is 31.1 Å². The summed E-state index contributed by atoms with van der Waals surface area (Å²) in [6.45, 7) is 9.41. The molecule has 1 aromatic rings. The van der Waals surface area contributed by atoms with Crippen molar-refractivity contribution in [2.24, 2.45) is 5.92 Å². The van der Waals surface area contributed by atoms with Gasteiger partial charge >= 0.3 is 24.3 Å². The maximum Gasteiger partial charge on any atom is 0.490 e. The van der Waals surface area contributed by atoms with Crippen LogP contribution in [-0.2, 0) is 33.7 Å². The van der Waals surface area contributed by atoms with E-state index in [0.717, 1.165) is 58.8 Å². The van der Waals surface area contributed by atoms with Crippen molar-refractivity contribution < 1.29 is 50.9 Å². The van der Waals surface area contributed by atoms with Crippen LogP contribution < -0.4 is 5.56 Å². The number of rotatable bonds is 5. The van der Waals surface area contributed by atoms with Gasteiger partial charge in [-0.05, 0) is 50.3 Å². The van der Waals surface area contributed by atoms with E-state index < -0.39 is 24.3 Å². The molecule has 15 heteroatoms. The van der Waals surface area contributed by atoms with Crippen LogP contribution in [-0.4, -0.2) is 101 Å². The van der Waals surface area contributed by atoms with Crippen molar-refractivity contribution in [1.29, 1.82) is 0 Å². The molecule has 2 fully saturated rings. The second-order valence-electron chi connectivity index (χ2n) is 9.48. The van der Waals surface area contributed by atoms with Gasteiger partial charge in [0.15, 0.2) is 0 Å². The lowest BCUT2D eigenvalue weighted by Crippen LogP contribution is -2.33. The minimum absolute atomic E-state index is 0.176. The summed E-state index contributed by atoms with van der Waals surface area (Å²) >= 11 is 0. The minimum Gasteiger partial charge on any atom is -0.475 e. The standard InChI is InChI=1S/C20H31N3O2.2C2HF3O2/c24-20-4-3-18-5-10-22(15-17-7-14-25-16-17)11-6-19(18)23(20)13-12-21-8-1-2-9-21;2*3-2(4,5)1(6)7/h3-4,17H,1-2,5-16H2;2*(H,6,7). The number of pyridine rings is 1. The lowest BCUT2D eigenvalue weighted by Gasteiger charge is -2.22. The molecule has 39 heavy (non-hydrogen) atoms. The van der Waals surface area contributed by atoms with Crippen LogP contribution in [0, 0.1) is 5.92 Å². The van der Waals surface area contributed by atoms with Crippen molar-refractivity contribution in [1.82, 2.24) is 14.4 Å². The van der Waals surface area contributed by atoms with Crippen LogP contribution >= 0.6 is 0 Å². The fraction of sp³-hybridized carbons (Fsp3) is 0.708. The Morgan fingerprint density at radius 1 is 0.872 bits per heavy atom. The molecule has 1 unspecified atom stereocenters. The minimum atomic E-state index is -5.08. The lowest BCUT2D eigenvalue weighted by molar-refractivity contribution is -0.193. The molecular formula is C24H33F6N3O6. The number of fused-ring (bicyclic) bond motifs is 1. The second kappa shape index (κ2) is 14.7. The molecule has 0 radical (unpaired) electrons. The molecule has 1 atom stereocenters. The van der Waals surface area contributed by atoms with Gasteiger partial charge in [0.2, 0.25) is 0 Å². The maximum atomic E-state index is 12.5. The molecule has 2 saturated heterocycles. The van der Waals surface area contributed by atoms with E-state index in [1.807, 2.05) is 0 Å². The van der Waals surface area contributed by atoms with Gasteiger partial charge < -0.3 is 29.3 Å². The fourth-order valence-corrected chi connectivity index (χ4v) is 4.61. The van der Waals surface area contributed by atoms with Crippen molar-refractivity contribution in [2.45, 2.75) is 51.0 Å². The number of carboxylic acid groups (broad SMARTS) is 2. The van der Waals surface area contributed by atoms with Gasteiger partial charge in [-0.2, -0.15) is 26.3 Å². The van der Waals surface area contributed by atoms with Gasteiger partial charge in [-0.15, -0.1) is 0 Å². The number of alkyl halides is 6.